The second-order valence-corrected chi connectivity index (χ2v) is 13.5. The molecule has 0 aromatic heterocycles. The van der Waals surface area contributed by atoms with Crippen molar-refractivity contribution in [3.05, 3.63) is 34.9 Å². The van der Waals surface area contributed by atoms with E-state index in [0.717, 1.165) is 23.1 Å². The second kappa shape index (κ2) is 7.53. The lowest BCUT2D eigenvalue weighted by atomic mass is 9.62. The van der Waals surface area contributed by atoms with E-state index in [1.807, 2.05) is 0 Å². The highest BCUT2D eigenvalue weighted by Crippen LogP contribution is 2.47. The first-order chi connectivity index (χ1) is 13.2. The van der Waals surface area contributed by atoms with Gasteiger partial charge in [-0.05, 0) is 51.4 Å². The fourth-order valence-corrected chi connectivity index (χ4v) is 4.48. The molecule has 0 radical (unpaired) electrons. The Balaban J connectivity index is 2.79. The van der Waals surface area contributed by atoms with Gasteiger partial charge < -0.3 is 5.11 Å². The number of Topliss-reactive ketones (excluding diaryl/α,β-unsaturated/α-hetero) is 1. The smallest absolute Gasteiger partial charge is 0.144 e. The van der Waals surface area contributed by atoms with Crippen molar-refractivity contribution in [2.24, 2.45) is 22.7 Å². The summed E-state index contributed by atoms with van der Waals surface area (Å²) < 4.78 is 0. The van der Waals surface area contributed by atoms with Crippen LogP contribution in [0.3, 0.4) is 0 Å². The maximum atomic E-state index is 13.4. The molecule has 2 rings (SSSR count). The minimum absolute atomic E-state index is 0.00768. The lowest BCUT2D eigenvalue weighted by molar-refractivity contribution is -0.131. The molecule has 1 aromatic carbocycles. The highest BCUT2D eigenvalue weighted by molar-refractivity contribution is 5.92. The van der Waals surface area contributed by atoms with Crippen LogP contribution in [0.2, 0.25) is 0 Å². The average molecular weight is 413 g/mol. The Morgan fingerprint density at radius 3 is 1.53 bits per heavy atom. The molecule has 0 heterocycles. The molecule has 0 aliphatic heterocycles. The van der Waals surface area contributed by atoms with Crippen molar-refractivity contribution < 1.29 is 9.90 Å². The Hall–Kier alpha value is -1.57. The van der Waals surface area contributed by atoms with Crippen LogP contribution < -0.4 is 0 Å². The molecule has 0 saturated carbocycles. The molecule has 0 spiro atoms. The molecule has 2 atom stereocenters. The lowest BCUT2D eigenvalue weighted by Gasteiger charge is -2.40. The van der Waals surface area contributed by atoms with Crippen molar-refractivity contribution in [2.45, 2.75) is 100 Å². The molecule has 0 bridgehead atoms. The second-order valence-electron chi connectivity index (χ2n) is 13.5. The van der Waals surface area contributed by atoms with Crippen LogP contribution in [0.25, 0.3) is 5.57 Å². The van der Waals surface area contributed by atoms with Gasteiger partial charge in [0.1, 0.15) is 11.5 Å². The zero-order chi connectivity index (χ0) is 23.4. The number of hydrogen-bond acceptors (Lipinski definition) is 2. The topological polar surface area (TPSA) is 37.3 Å². The Kier molecular flexibility index (Phi) is 6.20. The van der Waals surface area contributed by atoms with E-state index < -0.39 is 0 Å². The summed E-state index contributed by atoms with van der Waals surface area (Å²) in [5.74, 6) is 0.665. The fourth-order valence-electron chi connectivity index (χ4n) is 4.48. The molecule has 2 heteroatoms. The zero-order valence-corrected chi connectivity index (χ0v) is 21.4. The van der Waals surface area contributed by atoms with Gasteiger partial charge in [0.2, 0.25) is 0 Å². The third-order valence-corrected chi connectivity index (χ3v) is 6.52. The van der Waals surface area contributed by atoms with E-state index in [2.05, 4.69) is 101 Å². The molecule has 0 saturated heterocycles. The van der Waals surface area contributed by atoms with Crippen LogP contribution >= 0.6 is 0 Å². The number of carbonyl (C=O) groups is 1. The Morgan fingerprint density at radius 1 is 0.767 bits per heavy atom. The number of phenolic OH excluding ortho intramolecular Hbond substituents is 1. The summed E-state index contributed by atoms with van der Waals surface area (Å²) >= 11 is 0. The normalized spacial score (nSPS) is 21.6. The molecule has 1 aromatic rings. The van der Waals surface area contributed by atoms with Crippen LogP contribution in [0.5, 0.6) is 5.75 Å². The zero-order valence-electron chi connectivity index (χ0n) is 21.4. The first-order valence-corrected chi connectivity index (χ1v) is 11.4. The maximum Gasteiger partial charge on any atom is 0.144 e. The first kappa shape index (κ1) is 24.7. The Bertz CT molecular complexity index is 808. The number of allylic oxidation sites excluding steroid dienone is 2. The fraction of sp³-hybridized carbons (Fsp3) is 0.679. The summed E-state index contributed by atoms with van der Waals surface area (Å²) in [5.41, 5.74) is 3.80. The van der Waals surface area contributed by atoms with Crippen molar-refractivity contribution in [3.8, 4) is 5.75 Å². The van der Waals surface area contributed by atoms with Crippen molar-refractivity contribution in [1.82, 2.24) is 0 Å². The van der Waals surface area contributed by atoms with E-state index in [0.29, 0.717) is 11.5 Å². The van der Waals surface area contributed by atoms with Gasteiger partial charge in [-0.1, -0.05) is 89.2 Å². The standard InChI is InChI=1S/C28H44O2/c1-25(2,3)19-13-17(14-20(23(19)29)26(4,5)6)18-15-21(27(7,8)9)24(30)22(16-18)28(10,11)12/h13-15,21-22,29H,16H2,1-12H3. The van der Waals surface area contributed by atoms with Crippen molar-refractivity contribution in [3.63, 3.8) is 0 Å². The van der Waals surface area contributed by atoms with Crippen LogP contribution in [0.1, 0.15) is 106 Å². The third kappa shape index (κ3) is 5.01. The Labute approximate surface area is 185 Å². The maximum absolute atomic E-state index is 13.4. The number of ketones is 1. The molecule has 2 nitrogen and oxygen atoms in total. The molecule has 168 valence electrons. The SMILES string of the molecule is CC(C)(C)c1cc(C2=CC(C(C)(C)C)C(=O)C(C(C)(C)C)C2)cc(C(C)(C)C)c1O. The van der Waals surface area contributed by atoms with Gasteiger partial charge in [0.25, 0.3) is 0 Å². The largest absolute Gasteiger partial charge is 0.507 e. The van der Waals surface area contributed by atoms with Crippen LogP contribution in [0, 0.1) is 22.7 Å². The molecule has 1 aliphatic carbocycles. The molecule has 2 unspecified atom stereocenters. The number of benzene rings is 1. The Morgan fingerprint density at radius 2 is 1.20 bits per heavy atom. The third-order valence-electron chi connectivity index (χ3n) is 6.52. The van der Waals surface area contributed by atoms with Crippen molar-refractivity contribution >= 4 is 11.4 Å². The predicted octanol–water partition coefficient (Wildman–Crippen LogP) is 7.67. The van der Waals surface area contributed by atoms with E-state index >= 15 is 0 Å². The van der Waals surface area contributed by atoms with Gasteiger partial charge >= 0.3 is 0 Å². The summed E-state index contributed by atoms with van der Waals surface area (Å²) in [4.78, 5) is 13.4. The summed E-state index contributed by atoms with van der Waals surface area (Å²) in [7, 11) is 0. The molecular formula is C28H44O2. The summed E-state index contributed by atoms with van der Waals surface area (Å²) in [6.45, 7) is 25.9. The van der Waals surface area contributed by atoms with Gasteiger partial charge in [-0.25, -0.2) is 0 Å². The number of phenols is 1. The number of rotatable bonds is 1. The van der Waals surface area contributed by atoms with E-state index in [1.54, 1.807) is 0 Å². The van der Waals surface area contributed by atoms with Crippen LogP contribution in [0.15, 0.2) is 18.2 Å². The van der Waals surface area contributed by atoms with Gasteiger partial charge in [-0.3, -0.25) is 4.79 Å². The number of hydrogen-bond donors (Lipinski definition) is 1. The van der Waals surface area contributed by atoms with Gasteiger partial charge in [0.15, 0.2) is 0 Å². The molecule has 0 fully saturated rings. The van der Waals surface area contributed by atoms with Crippen LogP contribution in [0.4, 0.5) is 0 Å². The summed E-state index contributed by atoms with van der Waals surface area (Å²) in [5, 5.41) is 11.1. The predicted molar refractivity (Wildman–Crippen MR) is 129 cm³/mol. The number of aromatic hydroxyl groups is 1. The van der Waals surface area contributed by atoms with Crippen LogP contribution in [-0.2, 0) is 15.6 Å². The van der Waals surface area contributed by atoms with E-state index in [-0.39, 0.29) is 33.5 Å². The molecule has 30 heavy (non-hydrogen) atoms. The van der Waals surface area contributed by atoms with Crippen molar-refractivity contribution in [1.29, 1.82) is 0 Å². The molecule has 1 aliphatic rings. The lowest BCUT2D eigenvalue weighted by Crippen LogP contribution is -2.40. The monoisotopic (exact) mass is 412 g/mol. The summed E-state index contributed by atoms with van der Waals surface area (Å²) in [6.07, 6.45) is 2.97. The molecule has 1 N–H and O–H groups in total. The van der Waals surface area contributed by atoms with Crippen molar-refractivity contribution in [2.75, 3.05) is 0 Å². The average Bonchev–Trinajstić information content (AvgIpc) is 2.50. The van der Waals surface area contributed by atoms with E-state index in [9.17, 15) is 9.90 Å². The van der Waals surface area contributed by atoms with Gasteiger partial charge in [-0.2, -0.15) is 0 Å². The molecule has 0 amide bonds. The van der Waals surface area contributed by atoms with E-state index in [4.69, 9.17) is 0 Å². The molecular weight excluding hydrogens is 368 g/mol. The quantitative estimate of drug-likeness (QED) is 0.514. The highest BCUT2D eigenvalue weighted by atomic mass is 16.3. The highest BCUT2D eigenvalue weighted by Gasteiger charge is 2.43. The first-order valence-electron chi connectivity index (χ1n) is 11.4. The van der Waals surface area contributed by atoms with Crippen LogP contribution in [-0.4, -0.2) is 10.9 Å². The van der Waals surface area contributed by atoms with Gasteiger partial charge in [-0.15, -0.1) is 0 Å². The van der Waals surface area contributed by atoms with E-state index in [1.165, 1.54) is 5.57 Å². The van der Waals surface area contributed by atoms with Gasteiger partial charge in [0, 0.05) is 23.0 Å². The van der Waals surface area contributed by atoms with Gasteiger partial charge in [0.05, 0.1) is 0 Å². The minimum atomic E-state index is -0.169. The number of carbonyl (C=O) groups excluding carboxylic acids is 1. The summed E-state index contributed by atoms with van der Waals surface area (Å²) in [6, 6.07) is 4.32. The minimum Gasteiger partial charge on any atom is -0.507 e.